The summed E-state index contributed by atoms with van der Waals surface area (Å²) in [6.07, 6.45) is 6.69. The normalized spacial score (nSPS) is 12.1. The molecule has 5 nitrogen and oxygen atoms in total. The average molecular weight is 365 g/mol. The third-order valence-corrected chi connectivity index (χ3v) is 5.16. The van der Waals surface area contributed by atoms with Gasteiger partial charge in [0.1, 0.15) is 11.4 Å². The molecule has 0 aliphatic rings. The van der Waals surface area contributed by atoms with E-state index in [9.17, 15) is 4.79 Å². The minimum Gasteiger partial charge on any atom is -0.497 e. The van der Waals surface area contributed by atoms with Gasteiger partial charge in [0.25, 0.3) is 5.91 Å². The fraction of sp³-hybridized carbons (Fsp3) is 0.364. The summed E-state index contributed by atoms with van der Waals surface area (Å²) in [6, 6.07) is 11.8. The maximum Gasteiger partial charge on any atom is 0.270 e. The quantitative estimate of drug-likeness (QED) is 0.615. The van der Waals surface area contributed by atoms with Crippen LogP contribution in [0.2, 0.25) is 0 Å². The number of ether oxygens (including phenoxy) is 1. The standard InChI is InChI=1S/C22H27N3O2/c1-5-6-9-19(16-8-7-12-23-15-16)25(3)22(26)21-14-17-13-18(27-4)10-11-20(17)24(21)2/h7-8,10-15,19H,5-6,9H2,1-4H3. The Morgan fingerprint density at radius 1 is 1.30 bits per heavy atom. The molecule has 0 radical (unpaired) electrons. The Morgan fingerprint density at radius 3 is 2.78 bits per heavy atom. The van der Waals surface area contributed by atoms with Crippen molar-refractivity contribution in [1.82, 2.24) is 14.5 Å². The molecule has 1 unspecified atom stereocenters. The number of methoxy groups -OCH3 is 1. The molecule has 0 aliphatic heterocycles. The Kier molecular flexibility index (Phi) is 5.79. The van der Waals surface area contributed by atoms with Gasteiger partial charge in [-0.25, -0.2) is 0 Å². The monoisotopic (exact) mass is 365 g/mol. The molecule has 2 aromatic heterocycles. The first kappa shape index (κ1) is 19.0. The Balaban J connectivity index is 1.95. The van der Waals surface area contributed by atoms with Crippen molar-refractivity contribution in [2.24, 2.45) is 7.05 Å². The molecule has 142 valence electrons. The van der Waals surface area contributed by atoms with Crippen molar-refractivity contribution in [1.29, 1.82) is 0 Å². The Labute approximate surface area is 160 Å². The number of amides is 1. The van der Waals surface area contributed by atoms with E-state index >= 15 is 0 Å². The van der Waals surface area contributed by atoms with Crippen LogP contribution in [0.3, 0.4) is 0 Å². The lowest BCUT2D eigenvalue weighted by atomic mass is 10.0. The summed E-state index contributed by atoms with van der Waals surface area (Å²) in [5, 5.41) is 1.00. The van der Waals surface area contributed by atoms with Gasteiger partial charge in [-0.05, 0) is 42.3 Å². The number of hydrogen-bond acceptors (Lipinski definition) is 3. The van der Waals surface area contributed by atoms with Crippen LogP contribution in [0.1, 0.15) is 48.3 Å². The molecule has 0 saturated heterocycles. The van der Waals surface area contributed by atoms with E-state index in [-0.39, 0.29) is 11.9 Å². The molecule has 0 N–H and O–H groups in total. The topological polar surface area (TPSA) is 47.4 Å². The first-order valence-corrected chi connectivity index (χ1v) is 9.37. The zero-order valence-electron chi connectivity index (χ0n) is 16.5. The van der Waals surface area contributed by atoms with E-state index in [2.05, 4.69) is 11.9 Å². The Hall–Kier alpha value is -2.82. The molecule has 0 fully saturated rings. The van der Waals surface area contributed by atoms with Crippen LogP contribution in [0.15, 0.2) is 48.8 Å². The van der Waals surface area contributed by atoms with Gasteiger partial charge in [-0.15, -0.1) is 0 Å². The highest BCUT2D eigenvalue weighted by Gasteiger charge is 2.25. The van der Waals surface area contributed by atoms with Gasteiger partial charge in [0.2, 0.25) is 0 Å². The summed E-state index contributed by atoms with van der Waals surface area (Å²) < 4.78 is 7.26. The average Bonchev–Trinajstić information content (AvgIpc) is 3.04. The maximum absolute atomic E-state index is 13.3. The first-order valence-electron chi connectivity index (χ1n) is 9.37. The number of aromatic nitrogens is 2. The summed E-state index contributed by atoms with van der Waals surface area (Å²) in [6.45, 7) is 2.17. The van der Waals surface area contributed by atoms with E-state index in [4.69, 9.17) is 4.74 Å². The number of carbonyl (C=O) groups excluding carboxylic acids is 1. The van der Waals surface area contributed by atoms with Crippen molar-refractivity contribution >= 4 is 16.8 Å². The number of unbranched alkanes of at least 4 members (excludes halogenated alkanes) is 1. The van der Waals surface area contributed by atoms with Gasteiger partial charge < -0.3 is 14.2 Å². The van der Waals surface area contributed by atoms with Gasteiger partial charge in [0.15, 0.2) is 0 Å². The number of benzene rings is 1. The molecule has 0 saturated carbocycles. The fourth-order valence-corrected chi connectivity index (χ4v) is 3.54. The zero-order valence-corrected chi connectivity index (χ0v) is 16.5. The van der Waals surface area contributed by atoms with E-state index in [1.807, 2.05) is 66.2 Å². The predicted octanol–water partition coefficient (Wildman–Crippen LogP) is 4.59. The van der Waals surface area contributed by atoms with Crippen LogP contribution < -0.4 is 4.74 Å². The number of pyridine rings is 1. The van der Waals surface area contributed by atoms with Crippen LogP contribution >= 0.6 is 0 Å². The highest BCUT2D eigenvalue weighted by Crippen LogP contribution is 2.29. The molecule has 0 bridgehead atoms. The minimum atomic E-state index is 0.0117. The Bertz CT molecular complexity index is 918. The third-order valence-electron chi connectivity index (χ3n) is 5.16. The third kappa shape index (κ3) is 3.82. The smallest absolute Gasteiger partial charge is 0.270 e. The van der Waals surface area contributed by atoms with Crippen molar-refractivity contribution in [3.8, 4) is 5.75 Å². The number of aryl methyl sites for hydroxylation is 1. The summed E-state index contributed by atoms with van der Waals surface area (Å²) in [7, 11) is 5.46. The van der Waals surface area contributed by atoms with E-state index in [1.54, 1.807) is 13.3 Å². The van der Waals surface area contributed by atoms with Crippen LogP contribution in [0.25, 0.3) is 10.9 Å². The second-order valence-electron chi connectivity index (χ2n) is 6.87. The number of carbonyl (C=O) groups is 1. The second-order valence-corrected chi connectivity index (χ2v) is 6.87. The van der Waals surface area contributed by atoms with Crippen LogP contribution in [0.4, 0.5) is 0 Å². The van der Waals surface area contributed by atoms with Crippen molar-refractivity contribution in [3.63, 3.8) is 0 Å². The number of nitrogens with zero attached hydrogens (tertiary/aromatic N) is 3. The number of rotatable bonds is 7. The van der Waals surface area contributed by atoms with Gasteiger partial charge in [0, 0.05) is 37.4 Å². The van der Waals surface area contributed by atoms with Crippen molar-refractivity contribution in [2.75, 3.05) is 14.2 Å². The SMILES string of the molecule is CCCCC(c1cccnc1)N(C)C(=O)c1cc2cc(OC)ccc2n1C. The lowest BCUT2D eigenvalue weighted by Gasteiger charge is -2.28. The second kappa shape index (κ2) is 8.25. The first-order chi connectivity index (χ1) is 13.1. The highest BCUT2D eigenvalue weighted by molar-refractivity contribution is 5.99. The molecule has 1 amide bonds. The fourth-order valence-electron chi connectivity index (χ4n) is 3.54. The number of fused-ring (bicyclic) bond motifs is 1. The molecular weight excluding hydrogens is 338 g/mol. The van der Waals surface area contributed by atoms with Gasteiger partial charge in [-0.3, -0.25) is 9.78 Å². The van der Waals surface area contributed by atoms with Crippen molar-refractivity contribution < 1.29 is 9.53 Å². The molecule has 27 heavy (non-hydrogen) atoms. The van der Waals surface area contributed by atoms with Gasteiger partial charge in [0.05, 0.1) is 13.2 Å². The Morgan fingerprint density at radius 2 is 2.11 bits per heavy atom. The van der Waals surface area contributed by atoms with E-state index in [1.165, 1.54) is 0 Å². The molecule has 5 heteroatoms. The van der Waals surface area contributed by atoms with Crippen molar-refractivity contribution in [3.05, 3.63) is 60.0 Å². The van der Waals surface area contributed by atoms with Crippen LogP contribution in [-0.2, 0) is 7.05 Å². The zero-order chi connectivity index (χ0) is 19.4. The van der Waals surface area contributed by atoms with Crippen LogP contribution in [0, 0.1) is 0 Å². The van der Waals surface area contributed by atoms with Crippen molar-refractivity contribution in [2.45, 2.75) is 32.2 Å². The molecule has 2 heterocycles. The minimum absolute atomic E-state index is 0.0117. The van der Waals surface area contributed by atoms with Crippen LogP contribution in [-0.4, -0.2) is 34.5 Å². The molecular formula is C22H27N3O2. The molecule has 1 atom stereocenters. The van der Waals surface area contributed by atoms with E-state index < -0.39 is 0 Å². The lowest BCUT2D eigenvalue weighted by Crippen LogP contribution is -2.32. The van der Waals surface area contributed by atoms with Crippen LogP contribution in [0.5, 0.6) is 5.75 Å². The largest absolute Gasteiger partial charge is 0.497 e. The molecule has 0 spiro atoms. The van der Waals surface area contributed by atoms with E-state index in [0.29, 0.717) is 5.69 Å². The summed E-state index contributed by atoms with van der Waals surface area (Å²) >= 11 is 0. The molecule has 3 aromatic rings. The highest BCUT2D eigenvalue weighted by atomic mass is 16.5. The molecule has 3 rings (SSSR count). The predicted molar refractivity (Wildman–Crippen MR) is 108 cm³/mol. The molecule has 0 aliphatic carbocycles. The van der Waals surface area contributed by atoms with Gasteiger partial charge in [-0.2, -0.15) is 0 Å². The number of hydrogen-bond donors (Lipinski definition) is 0. The van der Waals surface area contributed by atoms with Gasteiger partial charge in [-0.1, -0.05) is 25.8 Å². The summed E-state index contributed by atoms with van der Waals surface area (Å²) in [4.78, 5) is 19.4. The maximum atomic E-state index is 13.3. The summed E-state index contributed by atoms with van der Waals surface area (Å²) in [5.41, 5.74) is 2.76. The lowest BCUT2D eigenvalue weighted by molar-refractivity contribution is 0.0711. The molecule has 1 aromatic carbocycles. The summed E-state index contributed by atoms with van der Waals surface area (Å²) in [5.74, 6) is 0.800. The van der Waals surface area contributed by atoms with E-state index in [0.717, 1.165) is 41.5 Å². The van der Waals surface area contributed by atoms with Gasteiger partial charge >= 0.3 is 0 Å².